The van der Waals surface area contributed by atoms with Gasteiger partial charge in [0.2, 0.25) is 0 Å². The third-order valence-corrected chi connectivity index (χ3v) is 7.48. The second kappa shape index (κ2) is 7.83. The molecule has 0 fully saturated rings. The summed E-state index contributed by atoms with van der Waals surface area (Å²) in [5.41, 5.74) is 4.46. The van der Waals surface area contributed by atoms with E-state index in [4.69, 9.17) is 28.2 Å². The molecule has 3 aliphatic heterocycles. The van der Waals surface area contributed by atoms with E-state index in [1.165, 1.54) is 12.1 Å². The lowest BCUT2D eigenvalue weighted by Gasteiger charge is -2.36. The number of fused-ring (bicyclic) bond motifs is 6. The molecular weight excluding hydrogens is 483 g/mol. The van der Waals surface area contributed by atoms with Gasteiger partial charge in [-0.25, -0.2) is 9.79 Å². The first kappa shape index (κ1) is 21.6. The normalized spacial score (nSPS) is 24.3. The van der Waals surface area contributed by atoms with E-state index in [-0.39, 0.29) is 5.56 Å². The van der Waals surface area contributed by atoms with Crippen LogP contribution < -0.4 is 10.7 Å². The molecule has 6 rings (SSSR count). The van der Waals surface area contributed by atoms with Gasteiger partial charge in [-0.05, 0) is 84.5 Å². The summed E-state index contributed by atoms with van der Waals surface area (Å²) in [4.78, 5) is 24.9. The number of carbonyl (C=O) groups is 1. The highest BCUT2D eigenvalue weighted by molar-refractivity contribution is 6.39. The van der Waals surface area contributed by atoms with Crippen LogP contribution in [0.25, 0.3) is 18.2 Å². The standard InChI is InChI=1S/C27H18Cl2N4O2/c28-26-12-11-23(33-26)15-21-8-7-19(31-21)13-18-5-6-20(30-18)14-22-9-10-24(32-22)27(26,29)17-3-1-16(2-4-17)25(34)35/h1-15,31-32H,(H,34,35). The van der Waals surface area contributed by atoms with Gasteiger partial charge in [-0.1, -0.05) is 23.7 Å². The molecule has 0 saturated carbocycles. The maximum absolute atomic E-state index is 11.4. The Balaban J connectivity index is 1.59. The third kappa shape index (κ3) is 3.62. The molecule has 8 heteroatoms. The van der Waals surface area contributed by atoms with Crippen LogP contribution in [0.2, 0.25) is 0 Å². The summed E-state index contributed by atoms with van der Waals surface area (Å²) in [6.07, 6.45) is 13.3. The molecule has 0 aliphatic carbocycles. The minimum absolute atomic E-state index is 0.156. The molecular formula is C27H18Cl2N4O2. The zero-order valence-electron chi connectivity index (χ0n) is 18.2. The average molecular weight is 501 g/mol. The third-order valence-electron chi connectivity index (χ3n) is 6.18. The van der Waals surface area contributed by atoms with Crippen LogP contribution in [0.5, 0.6) is 0 Å². The number of carboxylic acid groups (broad SMARTS) is 1. The fourth-order valence-electron chi connectivity index (χ4n) is 4.45. The van der Waals surface area contributed by atoms with Gasteiger partial charge in [-0.2, -0.15) is 0 Å². The largest absolute Gasteiger partial charge is 0.478 e. The van der Waals surface area contributed by atoms with Crippen LogP contribution >= 0.6 is 23.2 Å². The molecule has 8 bridgehead atoms. The van der Waals surface area contributed by atoms with E-state index < -0.39 is 15.8 Å². The fraction of sp³-hybridized carbons (Fsp3) is 0.0741. The number of halogens is 2. The van der Waals surface area contributed by atoms with Gasteiger partial charge in [0.05, 0.1) is 22.7 Å². The van der Waals surface area contributed by atoms with Crippen molar-refractivity contribution in [1.29, 1.82) is 0 Å². The topological polar surface area (TPSA) is 93.6 Å². The van der Waals surface area contributed by atoms with Gasteiger partial charge in [-0.3, -0.25) is 4.99 Å². The van der Waals surface area contributed by atoms with Crippen molar-refractivity contribution in [3.8, 4) is 0 Å². The summed E-state index contributed by atoms with van der Waals surface area (Å²) < 4.78 is 0. The number of aliphatic imine (C=N–C) groups is 2. The maximum atomic E-state index is 11.4. The van der Waals surface area contributed by atoms with Crippen molar-refractivity contribution >= 4 is 58.8 Å². The summed E-state index contributed by atoms with van der Waals surface area (Å²) in [6, 6.07) is 14.1. The van der Waals surface area contributed by atoms with Crippen LogP contribution in [-0.4, -0.2) is 37.5 Å². The second-order valence-electron chi connectivity index (χ2n) is 8.51. The van der Waals surface area contributed by atoms with Crippen molar-refractivity contribution in [1.82, 2.24) is 9.97 Å². The Bertz CT molecular complexity index is 1650. The first-order valence-corrected chi connectivity index (χ1v) is 11.7. The Morgan fingerprint density at radius 2 is 1.57 bits per heavy atom. The predicted molar refractivity (Wildman–Crippen MR) is 140 cm³/mol. The maximum Gasteiger partial charge on any atom is 0.335 e. The smallest absolute Gasteiger partial charge is 0.335 e. The summed E-state index contributed by atoms with van der Waals surface area (Å²) in [7, 11) is 0. The molecule has 3 N–H and O–H groups in total. The van der Waals surface area contributed by atoms with E-state index in [0.29, 0.717) is 17.0 Å². The van der Waals surface area contributed by atoms with Crippen LogP contribution in [0.15, 0.2) is 88.5 Å². The number of nitrogens with one attached hydrogen (secondary N) is 2. The zero-order chi connectivity index (χ0) is 24.2. The molecule has 3 aromatic rings. The number of hydrogen-bond donors (Lipinski definition) is 3. The van der Waals surface area contributed by atoms with Gasteiger partial charge in [0, 0.05) is 22.1 Å². The lowest BCUT2D eigenvalue weighted by molar-refractivity contribution is 0.0697. The van der Waals surface area contributed by atoms with Crippen LogP contribution in [0, 0.1) is 0 Å². The van der Waals surface area contributed by atoms with Crippen molar-refractivity contribution in [3.05, 3.63) is 112 Å². The van der Waals surface area contributed by atoms with Crippen molar-refractivity contribution in [2.45, 2.75) is 9.87 Å². The molecule has 35 heavy (non-hydrogen) atoms. The van der Waals surface area contributed by atoms with E-state index in [1.54, 1.807) is 18.2 Å². The Hall–Kier alpha value is -3.87. The fourth-order valence-corrected chi connectivity index (χ4v) is 5.16. The summed E-state index contributed by atoms with van der Waals surface area (Å²) in [5, 5.41) is 11.1. The number of aromatic amines is 2. The number of nitrogens with zero attached hydrogens (tertiary/aromatic N) is 2. The number of rotatable bonds is 2. The Labute approximate surface area is 210 Å². The van der Waals surface area contributed by atoms with E-state index in [9.17, 15) is 9.90 Å². The number of carboxylic acids is 1. The van der Waals surface area contributed by atoms with E-state index in [0.717, 1.165) is 27.8 Å². The van der Waals surface area contributed by atoms with Gasteiger partial charge >= 0.3 is 5.97 Å². The zero-order valence-corrected chi connectivity index (χ0v) is 19.7. The quantitative estimate of drug-likeness (QED) is 0.365. The predicted octanol–water partition coefficient (Wildman–Crippen LogP) is 4.10. The highest BCUT2D eigenvalue weighted by Crippen LogP contribution is 2.52. The molecule has 0 amide bonds. The second-order valence-corrected chi connectivity index (χ2v) is 9.65. The van der Waals surface area contributed by atoms with Gasteiger partial charge < -0.3 is 15.1 Å². The van der Waals surface area contributed by atoms with Gasteiger partial charge in [0.15, 0.2) is 9.87 Å². The SMILES string of the molecule is O=C(O)c1ccc(C2(Cl)c3ccc([nH]3)C=C3C=CC(=N3)C=c3ccc([nH]3)=CC3=NC2(Cl)C=C3)cc1. The van der Waals surface area contributed by atoms with Gasteiger partial charge in [0.25, 0.3) is 0 Å². The highest BCUT2D eigenvalue weighted by atomic mass is 35.5. The van der Waals surface area contributed by atoms with E-state index in [1.807, 2.05) is 60.7 Å². The monoisotopic (exact) mass is 500 g/mol. The molecule has 0 radical (unpaired) electrons. The minimum atomic E-state index is -1.38. The van der Waals surface area contributed by atoms with E-state index in [2.05, 4.69) is 15.0 Å². The summed E-state index contributed by atoms with van der Waals surface area (Å²) in [5.74, 6) is -1.02. The molecule has 2 aromatic heterocycles. The summed E-state index contributed by atoms with van der Waals surface area (Å²) >= 11 is 14.6. The lowest BCUT2D eigenvalue weighted by atomic mass is 9.87. The minimum Gasteiger partial charge on any atom is -0.478 e. The number of allylic oxidation sites excluding steroid dienone is 3. The first-order chi connectivity index (χ1) is 16.8. The molecule has 1 aromatic carbocycles. The summed E-state index contributed by atoms with van der Waals surface area (Å²) in [6.45, 7) is 0. The number of hydrogen-bond acceptors (Lipinski definition) is 3. The molecule has 0 spiro atoms. The van der Waals surface area contributed by atoms with Crippen LogP contribution in [0.4, 0.5) is 0 Å². The number of H-pyrrole nitrogens is 2. The lowest BCUT2D eigenvalue weighted by Crippen LogP contribution is -2.41. The Morgan fingerprint density at radius 3 is 2.31 bits per heavy atom. The molecule has 172 valence electrons. The van der Waals surface area contributed by atoms with Gasteiger partial charge in [-0.15, -0.1) is 11.6 Å². The number of alkyl halides is 2. The van der Waals surface area contributed by atoms with Gasteiger partial charge in [0.1, 0.15) is 0 Å². The van der Waals surface area contributed by atoms with Crippen molar-refractivity contribution in [2.75, 3.05) is 0 Å². The highest BCUT2D eigenvalue weighted by Gasteiger charge is 2.53. The number of benzene rings is 1. The molecule has 2 atom stereocenters. The van der Waals surface area contributed by atoms with Crippen LogP contribution in [-0.2, 0) is 4.87 Å². The van der Waals surface area contributed by atoms with E-state index >= 15 is 0 Å². The molecule has 2 unspecified atom stereocenters. The Kier molecular flexibility index (Phi) is 4.85. The number of aromatic nitrogens is 2. The molecule has 6 nitrogen and oxygen atoms in total. The van der Waals surface area contributed by atoms with Crippen molar-refractivity contribution < 1.29 is 9.90 Å². The van der Waals surface area contributed by atoms with Crippen molar-refractivity contribution in [3.63, 3.8) is 0 Å². The first-order valence-electron chi connectivity index (χ1n) is 10.9. The molecule has 5 heterocycles. The van der Waals surface area contributed by atoms with Crippen LogP contribution in [0.3, 0.4) is 0 Å². The molecule has 3 aliphatic rings. The number of aromatic carboxylic acids is 1. The van der Waals surface area contributed by atoms with Crippen molar-refractivity contribution in [2.24, 2.45) is 9.98 Å². The average Bonchev–Trinajstić information content (AvgIpc) is 3.63. The Morgan fingerprint density at radius 1 is 0.829 bits per heavy atom. The van der Waals surface area contributed by atoms with Crippen LogP contribution in [0.1, 0.15) is 27.3 Å². The molecule has 0 saturated heterocycles.